The van der Waals surface area contributed by atoms with E-state index in [1.807, 2.05) is 12.1 Å². The molecule has 3 atom stereocenters. The van der Waals surface area contributed by atoms with Gasteiger partial charge in [0.2, 0.25) is 5.91 Å². The number of nitrogen functional groups attached to an aromatic ring is 1. The van der Waals surface area contributed by atoms with Crippen molar-refractivity contribution in [1.82, 2.24) is 20.1 Å². The first-order valence-corrected chi connectivity index (χ1v) is 11.1. The number of amides is 1. The van der Waals surface area contributed by atoms with Crippen LogP contribution in [0.2, 0.25) is 0 Å². The number of ether oxygens (including phenoxy) is 1. The monoisotopic (exact) mass is 401 g/mol. The second-order valence-corrected chi connectivity index (χ2v) is 8.82. The van der Waals surface area contributed by atoms with E-state index in [2.05, 4.69) is 27.0 Å². The minimum absolute atomic E-state index is 0.198. The normalized spacial score (nSPS) is 31.2. The third kappa shape index (κ3) is 4.27. The minimum Gasteiger partial charge on any atom is -0.383 e. The van der Waals surface area contributed by atoms with Crippen molar-refractivity contribution in [3.8, 4) is 0 Å². The molecule has 3 fully saturated rings. The summed E-state index contributed by atoms with van der Waals surface area (Å²) >= 11 is 0. The number of hydrogen-bond acceptors (Lipinski definition) is 6. The molecule has 1 aromatic heterocycles. The molecule has 160 valence electrons. The molecule has 0 radical (unpaired) electrons. The highest BCUT2D eigenvalue weighted by molar-refractivity contribution is 5.83. The van der Waals surface area contributed by atoms with Crippen LogP contribution in [0.4, 0.5) is 5.82 Å². The summed E-state index contributed by atoms with van der Waals surface area (Å²) < 4.78 is 5.54. The maximum Gasteiger partial charge on any atom is 0.228 e. The van der Waals surface area contributed by atoms with Gasteiger partial charge >= 0.3 is 0 Å². The first kappa shape index (κ1) is 20.6. The molecule has 0 spiro atoms. The molecule has 7 nitrogen and oxygen atoms in total. The number of morpholine rings is 1. The molecule has 1 saturated carbocycles. The summed E-state index contributed by atoms with van der Waals surface area (Å²) in [5.74, 6) is 1.14. The number of rotatable bonds is 5. The topological polar surface area (TPSA) is 83.7 Å². The number of piperidine rings is 1. The number of pyridine rings is 1. The number of anilines is 1. The first-order valence-electron chi connectivity index (χ1n) is 11.1. The van der Waals surface area contributed by atoms with Gasteiger partial charge in [-0.25, -0.2) is 4.98 Å². The van der Waals surface area contributed by atoms with Crippen LogP contribution in [0.25, 0.3) is 0 Å². The Hall–Kier alpha value is -1.70. The Morgan fingerprint density at radius 2 is 2.17 bits per heavy atom. The number of carbonyl (C=O) groups excluding carboxylic acids is 1. The average molecular weight is 402 g/mol. The van der Waals surface area contributed by atoms with Gasteiger partial charge in [-0.2, -0.15) is 0 Å². The Morgan fingerprint density at radius 1 is 1.34 bits per heavy atom. The van der Waals surface area contributed by atoms with Gasteiger partial charge in [-0.15, -0.1) is 0 Å². The van der Waals surface area contributed by atoms with Crippen LogP contribution in [0.1, 0.15) is 38.2 Å². The summed E-state index contributed by atoms with van der Waals surface area (Å²) in [6, 6.07) is 4.39. The Bertz CT molecular complexity index is 708. The van der Waals surface area contributed by atoms with Gasteiger partial charge in [0, 0.05) is 44.0 Å². The molecule has 7 heteroatoms. The molecule has 0 aromatic carbocycles. The first-order chi connectivity index (χ1) is 14.1. The van der Waals surface area contributed by atoms with Gasteiger partial charge in [-0.1, -0.05) is 13.0 Å². The molecule has 2 aliphatic heterocycles. The zero-order chi connectivity index (χ0) is 20.3. The number of likely N-dealkylation sites (tertiary alicyclic amines) is 1. The van der Waals surface area contributed by atoms with E-state index in [-0.39, 0.29) is 11.3 Å². The molecule has 3 aliphatic rings. The van der Waals surface area contributed by atoms with Gasteiger partial charge < -0.3 is 20.7 Å². The van der Waals surface area contributed by atoms with Crippen molar-refractivity contribution < 1.29 is 9.53 Å². The van der Waals surface area contributed by atoms with Crippen LogP contribution < -0.4 is 11.1 Å². The standard InChI is InChI=1S/C22H35N5O2/c1-2-26-9-6-18-14-19(27-10-12-29-13-11-27)5-7-22(18,16-26)21(28)25-15-17-4-3-8-24-20(17)23/h3-4,8,18-19H,2,5-7,9-16H2,1H3,(H2,23,24)(H,25,28)/t18-,19+,22-/m1/s1. The highest BCUT2D eigenvalue weighted by Gasteiger charge is 2.52. The van der Waals surface area contributed by atoms with E-state index in [1.165, 1.54) is 0 Å². The molecular formula is C22H35N5O2. The Kier molecular flexibility index (Phi) is 6.37. The Labute approximate surface area is 174 Å². The fourth-order valence-electron chi connectivity index (χ4n) is 5.59. The van der Waals surface area contributed by atoms with Crippen molar-refractivity contribution in [2.75, 3.05) is 51.7 Å². The third-order valence-electron chi connectivity index (χ3n) is 7.39. The molecule has 0 bridgehead atoms. The van der Waals surface area contributed by atoms with E-state index in [0.717, 1.165) is 77.2 Å². The summed E-state index contributed by atoms with van der Waals surface area (Å²) in [4.78, 5) is 22.7. The zero-order valence-electron chi connectivity index (χ0n) is 17.6. The number of hydrogen-bond donors (Lipinski definition) is 2. The van der Waals surface area contributed by atoms with E-state index in [9.17, 15) is 4.79 Å². The lowest BCUT2D eigenvalue weighted by molar-refractivity contribution is -0.145. The van der Waals surface area contributed by atoms with Crippen molar-refractivity contribution in [3.05, 3.63) is 23.9 Å². The lowest BCUT2D eigenvalue weighted by atomic mass is 9.61. The molecule has 29 heavy (non-hydrogen) atoms. The molecule has 1 amide bonds. The van der Waals surface area contributed by atoms with Gasteiger partial charge in [0.25, 0.3) is 0 Å². The number of carbonyl (C=O) groups is 1. The molecular weight excluding hydrogens is 366 g/mol. The second kappa shape index (κ2) is 8.98. The van der Waals surface area contributed by atoms with Gasteiger partial charge in [0.1, 0.15) is 5.82 Å². The zero-order valence-corrected chi connectivity index (χ0v) is 17.6. The summed E-state index contributed by atoms with van der Waals surface area (Å²) in [6.45, 7) is 9.35. The van der Waals surface area contributed by atoms with Crippen molar-refractivity contribution in [3.63, 3.8) is 0 Å². The quantitative estimate of drug-likeness (QED) is 0.778. The summed E-state index contributed by atoms with van der Waals surface area (Å²) in [6.07, 6.45) is 5.97. The lowest BCUT2D eigenvalue weighted by Crippen LogP contribution is -2.60. The number of fused-ring (bicyclic) bond motifs is 1. The average Bonchev–Trinajstić information content (AvgIpc) is 2.78. The van der Waals surface area contributed by atoms with Crippen LogP contribution in [-0.4, -0.2) is 72.7 Å². The van der Waals surface area contributed by atoms with Crippen molar-refractivity contribution in [1.29, 1.82) is 0 Å². The Morgan fingerprint density at radius 3 is 2.93 bits per heavy atom. The van der Waals surface area contributed by atoms with Crippen LogP contribution in [0.3, 0.4) is 0 Å². The molecule has 2 saturated heterocycles. The smallest absolute Gasteiger partial charge is 0.228 e. The third-order valence-corrected chi connectivity index (χ3v) is 7.39. The Balaban J connectivity index is 1.47. The molecule has 3 N–H and O–H groups in total. The fourth-order valence-corrected chi connectivity index (χ4v) is 5.59. The maximum atomic E-state index is 13.6. The van der Waals surface area contributed by atoms with Crippen LogP contribution >= 0.6 is 0 Å². The largest absolute Gasteiger partial charge is 0.383 e. The van der Waals surface area contributed by atoms with E-state index in [1.54, 1.807) is 6.20 Å². The van der Waals surface area contributed by atoms with E-state index in [0.29, 0.717) is 24.3 Å². The molecule has 1 aliphatic carbocycles. The number of aromatic nitrogens is 1. The highest BCUT2D eigenvalue weighted by Crippen LogP contribution is 2.47. The number of nitrogens with two attached hydrogens (primary N) is 1. The van der Waals surface area contributed by atoms with Crippen LogP contribution in [0.15, 0.2) is 18.3 Å². The predicted molar refractivity (Wildman–Crippen MR) is 113 cm³/mol. The molecule has 4 rings (SSSR count). The summed E-state index contributed by atoms with van der Waals surface area (Å²) in [5, 5.41) is 3.22. The molecule has 0 unspecified atom stereocenters. The maximum absolute atomic E-state index is 13.6. The van der Waals surface area contributed by atoms with Crippen molar-refractivity contribution >= 4 is 11.7 Å². The van der Waals surface area contributed by atoms with Crippen molar-refractivity contribution in [2.45, 2.75) is 45.2 Å². The SMILES string of the molecule is CCN1CC[C@@H]2C[C@@H](N3CCOCC3)CC[C@@]2(C(=O)NCc2cccnc2N)C1. The fraction of sp³-hybridized carbons (Fsp3) is 0.727. The summed E-state index contributed by atoms with van der Waals surface area (Å²) in [7, 11) is 0. The number of nitrogens with one attached hydrogen (secondary N) is 1. The van der Waals surface area contributed by atoms with E-state index >= 15 is 0 Å². The highest BCUT2D eigenvalue weighted by atomic mass is 16.5. The van der Waals surface area contributed by atoms with E-state index in [4.69, 9.17) is 10.5 Å². The number of nitrogens with zero attached hydrogens (tertiary/aromatic N) is 3. The van der Waals surface area contributed by atoms with Gasteiger partial charge in [0.15, 0.2) is 0 Å². The second-order valence-electron chi connectivity index (χ2n) is 8.82. The lowest BCUT2D eigenvalue weighted by Gasteiger charge is -2.53. The summed E-state index contributed by atoms with van der Waals surface area (Å²) in [5.41, 5.74) is 6.58. The van der Waals surface area contributed by atoms with Crippen LogP contribution in [-0.2, 0) is 16.1 Å². The van der Waals surface area contributed by atoms with Gasteiger partial charge in [-0.05, 0) is 50.8 Å². The minimum atomic E-state index is -0.284. The van der Waals surface area contributed by atoms with Crippen LogP contribution in [0.5, 0.6) is 0 Å². The van der Waals surface area contributed by atoms with Crippen molar-refractivity contribution in [2.24, 2.45) is 11.3 Å². The van der Waals surface area contributed by atoms with Gasteiger partial charge in [-0.3, -0.25) is 9.69 Å². The van der Waals surface area contributed by atoms with Crippen LogP contribution in [0, 0.1) is 11.3 Å². The van der Waals surface area contributed by atoms with E-state index < -0.39 is 0 Å². The molecule has 1 aromatic rings. The predicted octanol–water partition coefficient (Wildman–Crippen LogP) is 1.49. The molecule has 3 heterocycles. The van der Waals surface area contributed by atoms with Gasteiger partial charge in [0.05, 0.1) is 18.6 Å².